The Hall–Kier alpha value is -1.07. The Morgan fingerprint density at radius 3 is 2.00 bits per heavy atom. The van der Waals surface area contributed by atoms with Crippen LogP contribution in [0.2, 0.25) is 10.0 Å². The van der Waals surface area contributed by atoms with Gasteiger partial charge in [0.1, 0.15) is 0 Å². The normalized spacial score (nSPS) is 13.1. The summed E-state index contributed by atoms with van der Waals surface area (Å²) in [6.07, 6.45) is 0. The highest BCUT2D eigenvalue weighted by Gasteiger charge is 2.25. The topological polar surface area (TPSA) is 46.2 Å². The smallest absolute Gasteiger partial charge is 0.207 e. The van der Waals surface area contributed by atoms with E-state index in [4.69, 9.17) is 23.2 Å². The van der Waals surface area contributed by atoms with Crippen LogP contribution in [0.15, 0.2) is 29.2 Å². The molecule has 0 fully saturated rings. The molecule has 24 heavy (non-hydrogen) atoms. The zero-order valence-corrected chi connectivity index (χ0v) is 16.7. The second-order valence-electron chi connectivity index (χ2n) is 6.10. The van der Waals surface area contributed by atoms with Crippen molar-refractivity contribution >= 4 is 33.2 Å². The summed E-state index contributed by atoms with van der Waals surface area (Å²) in [5.74, 6) is 0. The molecule has 0 aromatic heterocycles. The molecule has 0 aliphatic carbocycles. The average Bonchev–Trinajstić information content (AvgIpc) is 2.44. The summed E-state index contributed by atoms with van der Waals surface area (Å²) >= 11 is 12.1. The molecule has 2 aromatic rings. The van der Waals surface area contributed by atoms with Gasteiger partial charge in [-0.05, 0) is 74.6 Å². The molecule has 0 amide bonds. The molecule has 2 aromatic carbocycles. The lowest BCUT2D eigenvalue weighted by molar-refractivity contribution is 0.565. The van der Waals surface area contributed by atoms with Crippen LogP contribution in [0.1, 0.15) is 40.8 Å². The molecule has 0 aliphatic heterocycles. The Balaban J connectivity index is 2.46. The van der Waals surface area contributed by atoms with E-state index in [1.807, 2.05) is 33.8 Å². The molecular weight excluding hydrogens is 365 g/mol. The summed E-state index contributed by atoms with van der Waals surface area (Å²) in [5, 5.41) is 0.950. The van der Waals surface area contributed by atoms with Crippen molar-refractivity contribution in [3.05, 3.63) is 62.1 Å². The van der Waals surface area contributed by atoms with Crippen LogP contribution in [0, 0.1) is 27.7 Å². The third kappa shape index (κ3) is 3.77. The van der Waals surface area contributed by atoms with Crippen molar-refractivity contribution in [3.63, 3.8) is 0 Å². The molecule has 0 radical (unpaired) electrons. The lowest BCUT2D eigenvalue weighted by Gasteiger charge is -2.20. The van der Waals surface area contributed by atoms with Crippen LogP contribution in [0.3, 0.4) is 0 Å². The SMILES string of the molecule is Cc1cc(C)c(C)c(S(=O)(=O)N[C@@H](C)c2ccc(Cl)cc2Cl)c1C. The van der Waals surface area contributed by atoms with Crippen LogP contribution >= 0.6 is 23.2 Å². The highest BCUT2D eigenvalue weighted by molar-refractivity contribution is 7.89. The van der Waals surface area contributed by atoms with E-state index in [9.17, 15) is 8.42 Å². The third-order valence-corrected chi connectivity index (χ3v) is 6.70. The van der Waals surface area contributed by atoms with Crippen molar-refractivity contribution in [2.75, 3.05) is 0 Å². The summed E-state index contributed by atoms with van der Waals surface area (Å²) in [6, 6.07) is 6.57. The number of rotatable bonds is 4. The first kappa shape index (κ1) is 19.3. The lowest BCUT2D eigenvalue weighted by atomic mass is 10.0. The zero-order valence-electron chi connectivity index (χ0n) is 14.4. The van der Waals surface area contributed by atoms with E-state index in [2.05, 4.69) is 4.72 Å². The van der Waals surface area contributed by atoms with E-state index in [0.29, 0.717) is 20.5 Å². The molecular formula is C18H21Cl2NO2S. The number of hydrogen-bond acceptors (Lipinski definition) is 2. The van der Waals surface area contributed by atoms with Gasteiger partial charge in [-0.1, -0.05) is 35.3 Å². The Kier molecular flexibility index (Phi) is 5.65. The third-order valence-electron chi connectivity index (χ3n) is 4.33. The monoisotopic (exact) mass is 385 g/mol. The quantitative estimate of drug-likeness (QED) is 0.779. The average molecular weight is 386 g/mol. The minimum Gasteiger partial charge on any atom is -0.207 e. The largest absolute Gasteiger partial charge is 0.241 e. The first-order chi connectivity index (χ1) is 11.0. The van der Waals surface area contributed by atoms with Gasteiger partial charge in [0, 0.05) is 16.1 Å². The molecule has 2 rings (SSSR count). The summed E-state index contributed by atoms with van der Waals surface area (Å²) in [7, 11) is -3.68. The molecule has 0 saturated heterocycles. The summed E-state index contributed by atoms with van der Waals surface area (Å²) in [6.45, 7) is 9.26. The van der Waals surface area contributed by atoms with Crippen LogP contribution < -0.4 is 4.72 Å². The van der Waals surface area contributed by atoms with Gasteiger partial charge in [-0.15, -0.1) is 0 Å². The van der Waals surface area contributed by atoms with Gasteiger partial charge in [0.05, 0.1) is 4.90 Å². The van der Waals surface area contributed by atoms with Crippen molar-refractivity contribution in [3.8, 4) is 0 Å². The maximum Gasteiger partial charge on any atom is 0.241 e. The molecule has 0 heterocycles. The summed E-state index contributed by atoms with van der Waals surface area (Å²) in [5.41, 5.74) is 4.12. The number of sulfonamides is 1. The Bertz CT molecular complexity index is 866. The number of aryl methyl sites for hydroxylation is 2. The zero-order chi connectivity index (χ0) is 18.2. The summed E-state index contributed by atoms with van der Waals surface area (Å²) in [4.78, 5) is 0.344. The molecule has 1 N–H and O–H groups in total. The fraction of sp³-hybridized carbons (Fsp3) is 0.333. The second-order valence-corrected chi connectivity index (χ2v) is 8.59. The van der Waals surface area contributed by atoms with E-state index in [1.54, 1.807) is 25.1 Å². The van der Waals surface area contributed by atoms with Gasteiger partial charge in [0.15, 0.2) is 0 Å². The van der Waals surface area contributed by atoms with Gasteiger partial charge in [0.25, 0.3) is 0 Å². The van der Waals surface area contributed by atoms with Gasteiger partial charge in [-0.3, -0.25) is 0 Å². The van der Waals surface area contributed by atoms with Gasteiger partial charge in [0.2, 0.25) is 10.0 Å². The predicted molar refractivity (Wildman–Crippen MR) is 101 cm³/mol. The van der Waals surface area contributed by atoms with E-state index in [0.717, 1.165) is 22.3 Å². The molecule has 0 bridgehead atoms. The highest BCUT2D eigenvalue weighted by atomic mass is 35.5. The molecule has 6 heteroatoms. The van der Waals surface area contributed by atoms with Crippen LogP contribution in [-0.2, 0) is 10.0 Å². The van der Waals surface area contributed by atoms with E-state index in [1.165, 1.54) is 0 Å². The fourth-order valence-electron chi connectivity index (χ4n) is 2.79. The van der Waals surface area contributed by atoms with Crippen molar-refractivity contribution in [1.29, 1.82) is 0 Å². The highest BCUT2D eigenvalue weighted by Crippen LogP contribution is 2.30. The molecule has 0 spiro atoms. The van der Waals surface area contributed by atoms with E-state index >= 15 is 0 Å². The Morgan fingerprint density at radius 1 is 0.958 bits per heavy atom. The standard InChI is InChI=1S/C18H21Cl2NO2S/c1-10-8-11(2)13(4)18(12(10)3)24(22,23)21-14(5)16-7-6-15(19)9-17(16)20/h6-9,14,21H,1-5H3/t14-/m0/s1. The molecule has 1 atom stereocenters. The van der Waals surface area contributed by atoms with Gasteiger partial charge >= 0.3 is 0 Å². The second kappa shape index (κ2) is 7.04. The maximum absolute atomic E-state index is 13.0. The fourth-order valence-corrected chi connectivity index (χ4v) is 5.20. The minimum absolute atomic E-state index is 0.344. The number of nitrogens with one attached hydrogen (secondary N) is 1. The number of benzene rings is 2. The van der Waals surface area contributed by atoms with E-state index in [-0.39, 0.29) is 0 Å². The first-order valence-corrected chi connectivity index (χ1v) is 9.83. The molecule has 3 nitrogen and oxygen atoms in total. The van der Waals surface area contributed by atoms with Gasteiger partial charge in [-0.25, -0.2) is 13.1 Å². The van der Waals surface area contributed by atoms with E-state index < -0.39 is 16.1 Å². The predicted octanol–water partition coefficient (Wildman–Crippen LogP) is 5.27. The molecule has 0 saturated carbocycles. The van der Waals surface area contributed by atoms with Crippen molar-refractivity contribution in [2.45, 2.75) is 45.6 Å². The number of hydrogen-bond donors (Lipinski definition) is 1. The van der Waals surface area contributed by atoms with Crippen molar-refractivity contribution < 1.29 is 8.42 Å². The van der Waals surface area contributed by atoms with Crippen LogP contribution in [0.4, 0.5) is 0 Å². The molecule has 0 unspecified atom stereocenters. The Labute approximate surface area is 154 Å². The molecule has 0 aliphatic rings. The van der Waals surface area contributed by atoms with Crippen LogP contribution in [0.5, 0.6) is 0 Å². The number of halogens is 2. The Morgan fingerprint density at radius 2 is 1.50 bits per heavy atom. The maximum atomic E-state index is 13.0. The van der Waals surface area contributed by atoms with Crippen LogP contribution in [0.25, 0.3) is 0 Å². The first-order valence-electron chi connectivity index (χ1n) is 7.59. The lowest BCUT2D eigenvalue weighted by Crippen LogP contribution is -2.28. The molecule has 130 valence electrons. The summed E-state index contributed by atoms with van der Waals surface area (Å²) < 4.78 is 28.6. The van der Waals surface area contributed by atoms with Crippen molar-refractivity contribution in [2.24, 2.45) is 0 Å². The van der Waals surface area contributed by atoms with Gasteiger partial charge in [-0.2, -0.15) is 0 Å². The van der Waals surface area contributed by atoms with Gasteiger partial charge < -0.3 is 0 Å². The van der Waals surface area contributed by atoms with Crippen LogP contribution in [-0.4, -0.2) is 8.42 Å². The van der Waals surface area contributed by atoms with Crippen molar-refractivity contribution in [1.82, 2.24) is 4.72 Å². The minimum atomic E-state index is -3.68.